The zero-order valence-electron chi connectivity index (χ0n) is 13.0. The van der Waals surface area contributed by atoms with Crippen molar-refractivity contribution in [2.75, 3.05) is 58.4 Å². The van der Waals surface area contributed by atoms with Crippen molar-refractivity contribution in [3.63, 3.8) is 0 Å². The van der Waals surface area contributed by atoms with Gasteiger partial charge in [0.1, 0.15) is 0 Å². The average molecular weight is 327 g/mol. The molecule has 0 unspecified atom stereocenters. The Morgan fingerprint density at radius 2 is 1.68 bits per heavy atom. The summed E-state index contributed by atoms with van der Waals surface area (Å²) in [7, 11) is 0. The number of carbonyl (C=O) groups is 1. The van der Waals surface area contributed by atoms with E-state index in [9.17, 15) is 4.79 Å². The highest BCUT2D eigenvalue weighted by Crippen LogP contribution is 2.16. The van der Waals surface area contributed by atoms with Gasteiger partial charge in [-0.05, 0) is 18.4 Å². The number of hydrogen-bond donors (Lipinski definition) is 0. The Morgan fingerprint density at radius 1 is 1.14 bits per heavy atom. The minimum Gasteiger partial charge on any atom is -0.378 e. The number of hydrogen-bond acceptors (Lipinski definition) is 5. The number of allylic oxidation sites excluding steroid dienone is 1. The molecule has 0 aromatic rings. The molecular weight excluding hydrogens is 302 g/mol. The number of rotatable bonds is 2. The Hall–Kier alpha value is -1.05. The molecule has 3 aliphatic heterocycles. The highest BCUT2D eigenvalue weighted by Gasteiger charge is 2.23. The number of amides is 2. The van der Waals surface area contributed by atoms with Crippen molar-refractivity contribution < 1.29 is 14.3 Å². The van der Waals surface area contributed by atoms with Crippen molar-refractivity contribution in [2.24, 2.45) is 4.40 Å². The first kappa shape index (κ1) is 17.3. The van der Waals surface area contributed by atoms with Crippen LogP contribution in [0.15, 0.2) is 17.1 Å². The lowest BCUT2D eigenvalue weighted by Gasteiger charge is -2.34. The number of carbonyl (C=O) groups excluding carboxylic acids is 1. The number of urea groups is 1. The van der Waals surface area contributed by atoms with Crippen molar-refractivity contribution in [3.05, 3.63) is 12.7 Å². The average Bonchev–Trinajstić information content (AvgIpc) is 3.10. The molecule has 0 radical (unpaired) electrons. The minimum absolute atomic E-state index is 0.136. The predicted octanol–water partition coefficient (Wildman–Crippen LogP) is 1.83. The van der Waals surface area contributed by atoms with E-state index in [1.807, 2.05) is 15.9 Å². The van der Waals surface area contributed by atoms with Gasteiger partial charge in [-0.3, -0.25) is 0 Å². The van der Waals surface area contributed by atoms with Gasteiger partial charge < -0.3 is 19.3 Å². The lowest BCUT2D eigenvalue weighted by molar-refractivity contribution is 0.0189. The minimum atomic E-state index is 0.136. The van der Waals surface area contributed by atoms with Crippen LogP contribution in [-0.4, -0.2) is 79.9 Å². The van der Waals surface area contributed by atoms with Gasteiger partial charge in [-0.25, -0.2) is 9.19 Å². The van der Waals surface area contributed by atoms with Crippen LogP contribution in [0.1, 0.15) is 12.8 Å². The maximum atomic E-state index is 11.9. The molecule has 3 rings (SSSR count). The molecule has 2 saturated heterocycles. The zero-order chi connectivity index (χ0) is 15.6. The molecule has 0 aromatic heterocycles. The van der Waals surface area contributed by atoms with E-state index in [0.717, 1.165) is 39.0 Å². The van der Waals surface area contributed by atoms with Crippen LogP contribution in [0.25, 0.3) is 0 Å². The molecule has 0 saturated carbocycles. The third-order valence-corrected chi connectivity index (χ3v) is 4.39. The third kappa shape index (κ3) is 5.62. The lowest BCUT2D eigenvalue weighted by atomic mass is 10.2. The molecular formula is C15H25N3O3S. The summed E-state index contributed by atoms with van der Waals surface area (Å²) in [6.45, 7) is 9.16. The molecule has 0 N–H and O–H groups in total. The summed E-state index contributed by atoms with van der Waals surface area (Å²) < 4.78 is 14.6. The Labute approximate surface area is 136 Å². The molecule has 0 atom stereocenters. The summed E-state index contributed by atoms with van der Waals surface area (Å²) in [5, 5.41) is 0. The summed E-state index contributed by atoms with van der Waals surface area (Å²) >= 11 is 1.66. The fraction of sp³-hybridized carbons (Fsp3) is 0.733. The van der Waals surface area contributed by atoms with Crippen LogP contribution in [0.4, 0.5) is 4.79 Å². The van der Waals surface area contributed by atoms with Crippen molar-refractivity contribution in [2.45, 2.75) is 12.8 Å². The second-order valence-corrected chi connectivity index (χ2v) is 6.06. The Bertz CT molecular complexity index is 371. The van der Waals surface area contributed by atoms with Crippen LogP contribution < -0.4 is 0 Å². The van der Waals surface area contributed by atoms with Crippen molar-refractivity contribution in [3.8, 4) is 0 Å². The fourth-order valence-corrected chi connectivity index (χ4v) is 3.13. The van der Waals surface area contributed by atoms with E-state index in [0.29, 0.717) is 26.4 Å². The second kappa shape index (κ2) is 9.86. The number of morpholine rings is 2. The van der Waals surface area contributed by atoms with E-state index in [-0.39, 0.29) is 6.03 Å². The molecule has 3 heterocycles. The molecule has 0 aromatic carbocycles. The van der Waals surface area contributed by atoms with Crippen LogP contribution in [-0.2, 0) is 9.47 Å². The molecule has 2 amide bonds. The first-order valence-electron chi connectivity index (χ1n) is 7.79. The molecule has 0 spiro atoms. The van der Waals surface area contributed by atoms with Gasteiger partial charge >= 0.3 is 6.03 Å². The quantitative estimate of drug-likeness (QED) is 0.573. The van der Waals surface area contributed by atoms with E-state index >= 15 is 0 Å². The summed E-state index contributed by atoms with van der Waals surface area (Å²) in [6, 6.07) is 0.136. The molecule has 2 fully saturated rings. The zero-order valence-corrected chi connectivity index (χ0v) is 13.9. The van der Waals surface area contributed by atoms with Gasteiger partial charge in [0, 0.05) is 44.1 Å². The number of ether oxygens (including phenoxy) is 2. The van der Waals surface area contributed by atoms with Crippen LogP contribution >= 0.6 is 11.9 Å². The standard InChI is InChI=1S/C9H16N2O3.C6H9NS/c12-9(10-1-5-13-6-2-10)11-3-7-14-8-4-11;1-2-3-6-4-5-8-7-6/h1-8H2;2H,1,3-5H2. The highest BCUT2D eigenvalue weighted by molar-refractivity contribution is 7.98. The Morgan fingerprint density at radius 3 is 2.09 bits per heavy atom. The molecule has 3 aliphatic rings. The van der Waals surface area contributed by atoms with Crippen LogP contribution in [0.2, 0.25) is 0 Å². The predicted molar refractivity (Wildman–Crippen MR) is 89.5 cm³/mol. The van der Waals surface area contributed by atoms with E-state index in [1.54, 1.807) is 11.9 Å². The summed E-state index contributed by atoms with van der Waals surface area (Å²) in [4.78, 5) is 15.6. The van der Waals surface area contributed by atoms with Gasteiger partial charge in [0.15, 0.2) is 0 Å². The van der Waals surface area contributed by atoms with Crippen molar-refractivity contribution in [1.29, 1.82) is 0 Å². The Kier molecular flexibility index (Phi) is 7.76. The fourth-order valence-electron chi connectivity index (χ4n) is 2.36. The van der Waals surface area contributed by atoms with Gasteiger partial charge in [0.05, 0.1) is 26.4 Å². The van der Waals surface area contributed by atoms with Crippen LogP contribution in [0.3, 0.4) is 0 Å². The highest BCUT2D eigenvalue weighted by atomic mass is 32.2. The maximum absolute atomic E-state index is 11.9. The van der Waals surface area contributed by atoms with E-state index < -0.39 is 0 Å². The second-order valence-electron chi connectivity index (χ2n) is 5.21. The number of nitrogens with zero attached hydrogens (tertiary/aromatic N) is 3. The van der Waals surface area contributed by atoms with Crippen molar-refractivity contribution >= 4 is 23.7 Å². The maximum Gasteiger partial charge on any atom is 0.320 e. The van der Waals surface area contributed by atoms with Gasteiger partial charge in [-0.1, -0.05) is 6.08 Å². The SMILES string of the molecule is C=CCC1=NSCC1.O=C(N1CCOCC1)N1CCOCC1. The molecule has 22 heavy (non-hydrogen) atoms. The van der Waals surface area contributed by atoms with Gasteiger partial charge in [-0.2, -0.15) is 0 Å². The molecule has 124 valence electrons. The largest absolute Gasteiger partial charge is 0.378 e. The molecule has 6 nitrogen and oxygen atoms in total. The van der Waals surface area contributed by atoms with E-state index in [1.165, 1.54) is 11.5 Å². The van der Waals surface area contributed by atoms with Crippen LogP contribution in [0, 0.1) is 0 Å². The molecule has 7 heteroatoms. The Balaban J connectivity index is 0.000000188. The summed E-state index contributed by atoms with van der Waals surface area (Å²) in [5.41, 5.74) is 1.30. The summed E-state index contributed by atoms with van der Waals surface area (Å²) in [6.07, 6.45) is 4.05. The smallest absolute Gasteiger partial charge is 0.320 e. The molecule has 0 bridgehead atoms. The van der Waals surface area contributed by atoms with Crippen LogP contribution in [0.5, 0.6) is 0 Å². The summed E-state index contributed by atoms with van der Waals surface area (Å²) in [5.74, 6) is 1.17. The van der Waals surface area contributed by atoms with Gasteiger partial charge in [-0.15, -0.1) is 6.58 Å². The van der Waals surface area contributed by atoms with E-state index in [4.69, 9.17) is 9.47 Å². The monoisotopic (exact) mass is 327 g/mol. The first-order valence-corrected chi connectivity index (χ1v) is 8.73. The molecule has 0 aliphatic carbocycles. The van der Waals surface area contributed by atoms with Gasteiger partial charge in [0.2, 0.25) is 0 Å². The third-order valence-electron chi connectivity index (χ3n) is 3.62. The normalized spacial score (nSPS) is 21.7. The topological polar surface area (TPSA) is 54.4 Å². The van der Waals surface area contributed by atoms with E-state index in [2.05, 4.69) is 11.0 Å². The van der Waals surface area contributed by atoms with Crippen molar-refractivity contribution in [1.82, 2.24) is 9.80 Å². The lowest BCUT2D eigenvalue weighted by Crippen LogP contribution is -2.51. The van der Waals surface area contributed by atoms with Gasteiger partial charge in [0.25, 0.3) is 0 Å². The first-order chi connectivity index (χ1) is 10.8.